The first-order valence-electron chi connectivity index (χ1n) is 14.4. The smallest absolute Gasteiger partial charge is 0.321 e. The van der Waals surface area contributed by atoms with Gasteiger partial charge >= 0.3 is 5.92 Å². The summed E-state index contributed by atoms with van der Waals surface area (Å²) >= 11 is 0. The molecular formula is C32H32F2N4O6. The molecule has 0 bridgehead atoms. The molecule has 44 heavy (non-hydrogen) atoms. The summed E-state index contributed by atoms with van der Waals surface area (Å²) in [4.78, 5) is 25.0. The van der Waals surface area contributed by atoms with E-state index in [1.807, 2.05) is 18.2 Å². The van der Waals surface area contributed by atoms with Gasteiger partial charge in [-0.25, -0.2) is 4.68 Å². The fourth-order valence-corrected chi connectivity index (χ4v) is 5.26. The van der Waals surface area contributed by atoms with E-state index < -0.39 is 30.1 Å². The fraction of sp³-hybridized carbons (Fsp3) is 0.344. The molecule has 2 aliphatic heterocycles. The lowest BCUT2D eigenvalue weighted by atomic mass is 10.1. The molecule has 2 aliphatic rings. The number of nitrogens with one attached hydrogen (secondary N) is 2. The Kier molecular flexibility index (Phi) is 8.09. The zero-order valence-corrected chi connectivity index (χ0v) is 24.2. The number of carbonyl (C=O) groups is 2. The number of hydrogen-bond acceptors (Lipinski definition) is 7. The second-order valence-corrected chi connectivity index (χ2v) is 11.0. The number of amides is 2. The predicted molar refractivity (Wildman–Crippen MR) is 157 cm³/mol. The standard InChI is InChI=1S/C32H32F2N4O6/c1-19(36-31(40)32(2,33)34)29(28-18-42-26-8-3-4-9-27(26)44-28)43-24-10-11-25-21(15-24)16-35-38(25)23-7-5-6-20(14-23)30(39)37-22-12-13-41-17-22/h3-11,14-16,19,22,28-29H,12-13,17-18H2,1-2H3,(H,36,40)(H,37,39)/t19-,22+,28?,29+/m0/s1. The van der Waals surface area contributed by atoms with Crippen molar-refractivity contribution in [2.75, 3.05) is 19.8 Å². The molecule has 1 fully saturated rings. The van der Waals surface area contributed by atoms with Crippen molar-refractivity contribution in [3.05, 3.63) is 78.5 Å². The molecule has 1 aromatic heterocycles. The molecular weight excluding hydrogens is 574 g/mol. The number of carbonyl (C=O) groups excluding carboxylic acids is 2. The first kappa shape index (κ1) is 29.4. The minimum atomic E-state index is -3.56. The number of para-hydroxylation sites is 2. The van der Waals surface area contributed by atoms with Gasteiger partial charge in [-0.15, -0.1) is 0 Å². The summed E-state index contributed by atoms with van der Waals surface area (Å²) in [5, 5.41) is 10.6. The first-order chi connectivity index (χ1) is 21.2. The van der Waals surface area contributed by atoms with Crippen LogP contribution >= 0.6 is 0 Å². The van der Waals surface area contributed by atoms with Gasteiger partial charge in [0.15, 0.2) is 23.7 Å². The van der Waals surface area contributed by atoms with Crippen molar-refractivity contribution in [2.24, 2.45) is 0 Å². The van der Waals surface area contributed by atoms with Gasteiger partial charge in [0.05, 0.1) is 36.1 Å². The normalized spacial score (nSPS) is 19.3. The van der Waals surface area contributed by atoms with Crippen LogP contribution in [-0.2, 0) is 9.53 Å². The molecule has 1 unspecified atom stereocenters. The largest absolute Gasteiger partial charge is 0.486 e. The molecule has 2 N–H and O–H groups in total. The topological polar surface area (TPSA) is 113 Å². The van der Waals surface area contributed by atoms with Gasteiger partial charge in [-0.2, -0.15) is 13.9 Å². The molecule has 230 valence electrons. The summed E-state index contributed by atoms with van der Waals surface area (Å²) in [5.41, 5.74) is 1.96. The van der Waals surface area contributed by atoms with Crippen LogP contribution < -0.4 is 24.8 Å². The molecule has 6 rings (SSSR count). The Morgan fingerprint density at radius 2 is 1.89 bits per heavy atom. The SMILES string of the molecule is C[C@H](NC(=O)C(C)(F)F)[C@@H](Oc1ccc2c(cnn2-c2cccc(C(=O)N[C@@H]3CCOC3)c2)c1)C1COc2ccccc2O1. The molecule has 12 heteroatoms. The van der Waals surface area contributed by atoms with Crippen LogP contribution in [0.5, 0.6) is 17.2 Å². The molecule has 3 aromatic carbocycles. The lowest BCUT2D eigenvalue weighted by Gasteiger charge is -2.35. The Bertz CT molecular complexity index is 1670. The molecule has 0 spiro atoms. The lowest BCUT2D eigenvalue weighted by Crippen LogP contribution is -2.56. The maximum absolute atomic E-state index is 13.7. The molecule has 10 nitrogen and oxygen atoms in total. The quantitative estimate of drug-likeness (QED) is 0.292. The fourth-order valence-electron chi connectivity index (χ4n) is 5.26. The summed E-state index contributed by atoms with van der Waals surface area (Å²) in [6.07, 6.45) is 0.847. The van der Waals surface area contributed by atoms with Gasteiger partial charge < -0.3 is 29.6 Å². The van der Waals surface area contributed by atoms with Crippen LogP contribution in [0.3, 0.4) is 0 Å². The zero-order valence-electron chi connectivity index (χ0n) is 24.2. The zero-order chi connectivity index (χ0) is 30.8. The van der Waals surface area contributed by atoms with Gasteiger partial charge in [0, 0.05) is 24.5 Å². The van der Waals surface area contributed by atoms with Crippen molar-refractivity contribution in [2.45, 2.75) is 50.5 Å². The summed E-state index contributed by atoms with van der Waals surface area (Å²) in [7, 11) is 0. The van der Waals surface area contributed by atoms with E-state index in [2.05, 4.69) is 15.7 Å². The molecule has 3 heterocycles. The number of ether oxygens (including phenoxy) is 4. The van der Waals surface area contributed by atoms with Crippen LogP contribution in [0.15, 0.2) is 72.9 Å². The molecule has 4 aromatic rings. The minimum Gasteiger partial charge on any atom is -0.486 e. The lowest BCUT2D eigenvalue weighted by molar-refractivity contribution is -0.145. The second kappa shape index (κ2) is 12.1. The first-order valence-corrected chi connectivity index (χ1v) is 14.4. The predicted octanol–water partition coefficient (Wildman–Crippen LogP) is 4.29. The van der Waals surface area contributed by atoms with Gasteiger partial charge in [0.2, 0.25) is 0 Å². The number of rotatable bonds is 9. The van der Waals surface area contributed by atoms with Crippen LogP contribution in [0.2, 0.25) is 0 Å². The number of aromatic nitrogens is 2. The molecule has 1 saturated heterocycles. The summed E-state index contributed by atoms with van der Waals surface area (Å²) < 4.78 is 52.8. The highest BCUT2D eigenvalue weighted by Gasteiger charge is 2.39. The average molecular weight is 607 g/mol. The maximum atomic E-state index is 13.7. The number of benzene rings is 3. The molecule has 0 saturated carbocycles. The van der Waals surface area contributed by atoms with E-state index in [1.54, 1.807) is 66.3 Å². The number of halogens is 2. The summed E-state index contributed by atoms with van der Waals surface area (Å²) in [6, 6.07) is 18.7. The van der Waals surface area contributed by atoms with Crippen molar-refractivity contribution >= 4 is 22.7 Å². The average Bonchev–Trinajstić information content (AvgIpc) is 3.69. The van der Waals surface area contributed by atoms with E-state index in [0.29, 0.717) is 48.6 Å². The van der Waals surface area contributed by atoms with E-state index in [-0.39, 0.29) is 18.6 Å². The van der Waals surface area contributed by atoms with Crippen molar-refractivity contribution in [3.8, 4) is 22.9 Å². The van der Waals surface area contributed by atoms with Gasteiger partial charge in [0.25, 0.3) is 11.8 Å². The highest BCUT2D eigenvalue weighted by atomic mass is 19.3. The number of hydrogen-bond donors (Lipinski definition) is 2. The Morgan fingerprint density at radius 1 is 1.07 bits per heavy atom. The van der Waals surface area contributed by atoms with Crippen molar-refractivity contribution in [1.29, 1.82) is 0 Å². The van der Waals surface area contributed by atoms with Gasteiger partial charge in [-0.3, -0.25) is 9.59 Å². The van der Waals surface area contributed by atoms with E-state index in [0.717, 1.165) is 17.3 Å². The van der Waals surface area contributed by atoms with Crippen molar-refractivity contribution < 1.29 is 37.3 Å². The van der Waals surface area contributed by atoms with Crippen LogP contribution in [0, 0.1) is 0 Å². The van der Waals surface area contributed by atoms with Crippen LogP contribution in [0.4, 0.5) is 8.78 Å². The Labute approximate surface area is 252 Å². The third-order valence-electron chi connectivity index (χ3n) is 7.58. The molecule has 4 atom stereocenters. The number of alkyl halides is 2. The van der Waals surface area contributed by atoms with Gasteiger partial charge in [0.1, 0.15) is 12.4 Å². The Morgan fingerprint density at radius 3 is 2.66 bits per heavy atom. The Balaban J connectivity index is 1.24. The highest BCUT2D eigenvalue weighted by Crippen LogP contribution is 2.33. The highest BCUT2D eigenvalue weighted by molar-refractivity contribution is 5.95. The van der Waals surface area contributed by atoms with Crippen molar-refractivity contribution in [3.63, 3.8) is 0 Å². The minimum absolute atomic E-state index is 0.00578. The van der Waals surface area contributed by atoms with E-state index >= 15 is 0 Å². The Hall–Kier alpha value is -4.71. The van der Waals surface area contributed by atoms with E-state index in [9.17, 15) is 18.4 Å². The summed E-state index contributed by atoms with van der Waals surface area (Å²) in [5.74, 6) is -3.70. The number of fused-ring (bicyclic) bond motifs is 2. The van der Waals surface area contributed by atoms with Crippen molar-refractivity contribution in [1.82, 2.24) is 20.4 Å². The van der Waals surface area contributed by atoms with Crippen LogP contribution in [-0.4, -0.2) is 71.6 Å². The van der Waals surface area contributed by atoms with E-state index in [1.165, 1.54) is 0 Å². The molecule has 0 radical (unpaired) electrons. The maximum Gasteiger partial charge on any atom is 0.321 e. The summed E-state index contributed by atoms with van der Waals surface area (Å²) in [6.45, 7) is 3.35. The van der Waals surface area contributed by atoms with Crippen LogP contribution in [0.25, 0.3) is 16.6 Å². The molecule has 0 aliphatic carbocycles. The van der Waals surface area contributed by atoms with Gasteiger partial charge in [-0.1, -0.05) is 18.2 Å². The van der Waals surface area contributed by atoms with Gasteiger partial charge in [-0.05, 0) is 61.9 Å². The number of nitrogens with zero attached hydrogens (tertiary/aromatic N) is 2. The third kappa shape index (κ3) is 6.30. The molecule has 2 amide bonds. The second-order valence-electron chi connectivity index (χ2n) is 11.0. The third-order valence-corrected chi connectivity index (χ3v) is 7.58. The monoisotopic (exact) mass is 606 g/mol. The van der Waals surface area contributed by atoms with Crippen LogP contribution in [0.1, 0.15) is 30.6 Å². The van der Waals surface area contributed by atoms with E-state index in [4.69, 9.17) is 18.9 Å².